The van der Waals surface area contributed by atoms with E-state index in [1.807, 2.05) is 0 Å². The van der Waals surface area contributed by atoms with Crippen molar-refractivity contribution in [2.45, 2.75) is 30.9 Å². The van der Waals surface area contributed by atoms with E-state index in [1.165, 1.54) is 25.7 Å². The van der Waals surface area contributed by atoms with Crippen LogP contribution in [0.25, 0.3) is 0 Å². The normalized spacial score (nSPS) is 50.5. The molecule has 0 aromatic heterocycles. The van der Waals surface area contributed by atoms with E-state index in [0.717, 1.165) is 11.7 Å². The van der Waals surface area contributed by atoms with Crippen LogP contribution < -0.4 is 0 Å². The minimum atomic E-state index is -1.71. The SMILES string of the molecule is C=S1(=O)CC2CCCCC2S1. The smallest absolute Gasteiger partial charge is 0.0291 e. The average molecular weight is 190 g/mol. The Balaban J connectivity index is 2.15. The Morgan fingerprint density at radius 3 is 2.82 bits per heavy atom. The van der Waals surface area contributed by atoms with Crippen LogP contribution in [0.3, 0.4) is 0 Å². The predicted molar refractivity (Wildman–Crippen MR) is 53.5 cm³/mol. The number of hydrogen-bond acceptors (Lipinski definition) is 2. The molecule has 1 nitrogen and oxygen atoms in total. The van der Waals surface area contributed by atoms with Gasteiger partial charge in [0.1, 0.15) is 0 Å². The molecule has 2 aliphatic rings. The lowest BCUT2D eigenvalue weighted by atomic mass is 9.90. The third-order valence-corrected chi connectivity index (χ3v) is 6.96. The van der Waals surface area contributed by atoms with Crippen LogP contribution in [-0.2, 0) is 8.55 Å². The molecule has 2 rings (SSSR count). The van der Waals surface area contributed by atoms with Crippen LogP contribution in [0, 0.1) is 5.92 Å². The molecule has 0 spiro atoms. The van der Waals surface area contributed by atoms with Gasteiger partial charge in [0.2, 0.25) is 0 Å². The zero-order chi connectivity index (χ0) is 7.90. The first-order valence-corrected chi connectivity index (χ1v) is 7.50. The van der Waals surface area contributed by atoms with E-state index in [1.54, 1.807) is 10.8 Å². The van der Waals surface area contributed by atoms with E-state index in [0.29, 0.717) is 5.25 Å². The maximum Gasteiger partial charge on any atom is 0.0291 e. The highest BCUT2D eigenvalue weighted by Crippen LogP contribution is 2.43. The fourth-order valence-electron chi connectivity index (χ4n) is 2.08. The molecular weight excluding hydrogens is 176 g/mol. The molecule has 1 heterocycles. The summed E-state index contributed by atoms with van der Waals surface area (Å²) < 4.78 is 11.6. The van der Waals surface area contributed by atoms with Crippen LogP contribution in [0.5, 0.6) is 0 Å². The number of fused-ring (bicyclic) bond motifs is 1. The molecule has 1 saturated heterocycles. The third kappa shape index (κ3) is 1.59. The van der Waals surface area contributed by atoms with Gasteiger partial charge >= 0.3 is 0 Å². The topological polar surface area (TPSA) is 17.1 Å². The fraction of sp³-hybridized carbons (Fsp3) is 0.875. The molecule has 0 bridgehead atoms. The molecule has 0 amide bonds. The molecule has 3 heteroatoms. The van der Waals surface area contributed by atoms with E-state index < -0.39 is 8.55 Å². The van der Waals surface area contributed by atoms with Gasteiger partial charge in [0.15, 0.2) is 0 Å². The van der Waals surface area contributed by atoms with Crippen LogP contribution in [-0.4, -0.2) is 21.1 Å². The van der Waals surface area contributed by atoms with Crippen molar-refractivity contribution in [1.82, 2.24) is 0 Å². The van der Waals surface area contributed by atoms with Gasteiger partial charge in [-0.3, -0.25) is 4.21 Å². The van der Waals surface area contributed by atoms with Crippen molar-refractivity contribution < 1.29 is 4.21 Å². The summed E-state index contributed by atoms with van der Waals surface area (Å²) in [7, 11) is -0.0438. The first-order chi connectivity index (χ1) is 5.17. The molecule has 1 saturated carbocycles. The summed E-state index contributed by atoms with van der Waals surface area (Å²) in [5, 5.41) is 0.689. The standard InChI is InChI=1S/C8H14OS2/c1-11(9)6-7-4-2-3-5-8(7)10-11/h7-8H,1-6H2. The van der Waals surface area contributed by atoms with Gasteiger partial charge in [-0.2, -0.15) is 0 Å². The summed E-state index contributed by atoms with van der Waals surface area (Å²) in [5.74, 6) is 5.41. The van der Waals surface area contributed by atoms with E-state index in [2.05, 4.69) is 5.87 Å². The molecule has 1 aliphatic carbocycles. The number of rotatable bonds is 0. The molecule has 0 N–H and O–H groups in total. The second kappa shape index (κ2) is 2.70. The van der Waals surface area contributed by atoms with Crippen LogP contribution >= 0.6 is 10.8 Å². The Morgan fingerprint density at radius 2 is 2.09 bits per heavy atom. The summed E-state index contributed by atoms with van der Waals surface area (Å²) in [4.78, 5) is 0. The van der Waals surface area contributed by atoms with Gasteiger partial charge in [0.25, 0.3) is 0 Å². The maximum absolute atomic E-state index is 11.6. The minimum absolute atomic E-state index is 0.689. The van der Waals surface area contributed by atoms with Crippen LogP contribution in [0.4, 0.5) is 0 Å². The lowest BCUT2D eigenvalue weighted by Gasteiger charge is -2.21. The van der Waals surface area contributed by atoms with Crippen molar-refractivity contribution in [2.24, 2.45) is 5.92 Å². The second-order valence-electron chi connectivity index (χ2n) is 3.59. The Labute approximate surface area is 72.4 Å². The Hall–Kier alpha value is 0.370. The van der Waals surface area contributed by atoms with Crippen molar-refractivity contribution in [2.75, 3.05) is 5.75 Å². The average Bonchev–Trinajstić information content (AvgIpc) is 2.21. The van der Waals surface area contributed by atoms with Gasteiger partial charge in [-0.1, -0.05) is 23.6 Å². The lowest BCUT2D eigenvalue weighted by molar-refractivity contribution is 0.407. The van der Waals surface area contributed by atoms with E-state index in [-0.39, 0.29) is 0 Å². The molecule has 0 radical (unpaired) electrons. The summed E-state index contributed by atoms with van der Waals surface area (Å²) >= 11 is 0. The van der Waals surface area contributed by atoms with Gasteiger partial charge in [0, 0.05) is 19.6 Å². The summed E-state index contributed by atoms with van der Waals surface area (Å²) in [5.41, 5.74) is 0. The molecule has 11 heavy (non-hydrogen) atoms. The van der Waals surface area contributed by atoms with Gasteiger partial charge in [0.05, 0.1) is 0 Å². The summed E-state index contributed by atoms with van der Waals surface area (Å²) in [6.45, 7) is 0. The van der Waals surface area contributed by atoms with E-state index in [9.17, 15) is 4.21 Å². The van der Waals surface area contributed by atoms with Gasteiger partial charge in [-0.15, -0.1) is 0 Å². The van der Waals surface area contributed by atoms with Crippen molar-refractivity contribution in [3.05, 3.63) is 0 Å². The van der Waals surface area contributed by atoms with Crippen molar-refractivity contribution in [3.63, 3.8) is 0 Å². The monoisotopic (exact) mass is 190 g/mol. The van der Waals surface area contributed by atoms with Gasteiger partial charge in [-0.05, 0) is 24.6 Å². The quantitative estimate of drug-likeness (QED) is 0.429. The zero-order valence-corrected chi connectivity index (χ0v) is 8.26. The van der Waals surface area contributed by atoms with Gasteiger partial charge < -0.3 is 0 Å². The summed E-state index contributed by atoms with van der Waals surface area (Å²) in [6, 6.07) is 0. The molecule has 3 atom stereocenters. The summed E-state index contributed by atoms with van der Waals surface area (Å²) in [6.07, 6.45) is 5.26. The molecular formula is C8H14OS2. The Bertz CT molecular complexity index is 223. The highest BCUT2D eigenvalue weighted by Gasteiger charge is 2.36. The fourth-order valence-corrected chi connectivity index (χ4v) is 7.31. The lowest BCUT2D eigenvalue weighted by Crippen LogP contribution is -2.18. The first-order valence-electron chi connectivity index (χ1n) is 4.20. The predicted octanol–water partition coefficient (Wildman–Crippen LogP) is 1.92. The van der Waals surface area contributed by atoms with Gasteiger partial charge in [-0.25, -0.2) is 0 Å². The Kier molecular flexibility index (Phi) is 1.96. The van der Waals surface area contributed by atoms with Crippen LogP contribution in [0.15, 0.2) is 0 Å². The number of hydrogen-bond donors (Lipinski definition) is 0. The third-order valence-electron chi connectivity index (χ3n) is 2.61. The minimum Gasteiger partial charge on any atom is -0.257 e. The molecule has 1 aliphatic heterocycles. The highest BCUT2D eigenvalue weighted by molar-refractivity contribution is 8.76. The molecule has 0 aromatic rings. The van der Waals surface area contributed by atoms with Crippen LogP contribution in [0.2, 0.25) is 0 Å². The van der Waals surface area contributed by atoms with Crippen molar-refractivity contribution >= 4 is 25.2 Å². The molecule has 0 aromatic carbocycles. The first kappa shape index (κ1) is 7.99. The highest BCUT2D eigenvalue weighted by atomic mass is 33.1. The molecule has 2 fully saturated rings. The van der Waals surface area contributed by atoms with Crippen molar-refractivity contribution in [1.29, 1.82) is 0 Å². The molecule has 64 valence electrons. The maximum atomic E-state index is 11.6. The van der Waals surface area contributed by atoms with E-state index >= 15 is 0 Å². The molecule has 3 unspecified atom stereocenters. The Morgan fingerprint density at radius 1 is 1.36 bits per heavy atom. The zero-order valence-electron chi connectivity index (χ0n) is 6.62. The largest absolute Gasteiger partial charge is 0.257 e. The van der Waals surface area contributed by atoms with Crippen molar-refractivity contribution in [3.8, 4) is 0 Å². The second-order valence-corrected chi connectivity index (χ2v) is 8.61. The van der Waals surface area contributed by atoms with E-state index in [4.69, 9.17) is 0 Å². The van der Waals surface area contributed by atoms with Crippen LogP contribution in [0.1, 0.15) is 25.7 Å².